The topological polar surface area (TPSA) is 122 Å². The van der Waals surface area contributed by atoms with E-state index in [1.807, 2.05) is 19.2 Å². The minimum Gasteiger partial charge on any atom is -0.492 e. The van der Waals surface area contributed by atoms with Crippen LogP contribution in [0.25, 0.3) is 10.6 Å². The lowest BCUT2D eigenvalue weighted by Crippen LogP contribution is -2.43. The first kappa shape index (κ1) is 24.1. The van der Waals surface area contributed by atoms with Gasteiger partial charge in [-0.05, 0) is 65.0 Å². The van der Waals surface area contributed by atoms with Crippen LogP contribution in [0.1, 0.15) is 45.6 Å². The van der Waals surface area contributed by atoms with E-state index in [1.54, 1.807) is 18.2 Å². The van der Waals surface area contributed by atoms with E-state index in [2.05, 4.69) is 32.5 Å². The average molecular weight is 501 g/mol. The first-order valence-electron chi connectivity index (χ1n) is 11.1. The van der Waals surface area contributed by atoms with Crippen LogP contribution in [0.2, 0.25) is 0 Å². The Bertz CT molecular complexity index is 1180. The standard InChI is InChI=1S/C23H28N6O3S2/c1-4-32-18-6-5-14(20(24)30)11-16(18)27-23-28-17(12-33-23)19-13(2)25-22(34-19)21(31)26-15-7-9-29(3)10-8-15/h5-6,11-12,15H,4,7-10H2,1-3H3,(H2,24,30)(H,26,31)(H,27,28). The van der Waals surface area contributed by atoms with Gasteiger partial charge < -0.3 is 26.0 Å². The molecule has 1 aromatic carbocycles. The summed E-state index contributed by atoms with van der Waals surface area (Å²) in [5.41, 5.74) is 7.92. The average Bonchev–Trinajstić information content (AvgIpc) is 3.43. The molecule has 3 heterocycles. The summed E-state index contributed by atoms with van der Waals surface area (Å²) in [5, 5.41) is 9.33. The summed E-state index contributed by atoms with van der Waals surface area (Å²) in [6.45, 7) is 6.22. The molecular weight excluding hydrogens is 472 g/mol. The fraction of sp³-hybridized carbons (Fsp3) is 0.391. The predicted octanol–water partition coefficient (Wildman–Crippen LogP) is 3.64. The number of aromatic nitrogens is 2. The number of carbonyl (C=O) groups excluding carboxylic acids is 2. The van der Waals surface area contributed by atoms with Gasteiger partial charge in [-0.3, -0.25) is 9.59 Å². The van der Waals surface area contributed by atoms with Crippen molar-refractivity contribution in [1.29, 1.82) is 0 Å². The Morgan fingerprint density at radius 1 is 1.26 bits per heavy atom. The molecule has 0 saturated carbocycles. The number of nitrogens with two attached hydrogens (primary N) is 1. The van der Waals surface area contributed by atoms with Crippen LogP contribution in [-0.4, -0.2) is 59.5 Å². The quantitative estimate of drug-likeness (QED) is 0.432. The van der Waals surface area contributed by atoms with Gasteiger partial charge in [0.25, 0.3) is 5.91 Å². The van der Waals surface area contributed by atoms with E-state index < -0.39 is 5.91 Å². The van der Waals surface area contributed by atoms with E-state index in [9.17, 15) is 9.59 Å². The zero-order valence-corrected chi connectivity index (χ0v) is 21.0. The Kier molecular flexibility index (Phi) is 7.44. The van der Waals surface area contributed by atoms with Crippen LogP contribution >= 0.6 is 22.7 Å². The summed E-state index contributed by atoms with van der Waals surface area (Å²) in [6.07, 6.45) is 1.89. The van der Waals surface area contributed by atoms with Gasteiger partial charge in [-0.25, -0.2) is 9.97 Å². The van der Waals surface area contributed by atoms with Crippen molar-refractivity contribution in [2.24, 2.45) is 5.73 Å². The summed E-state index contributed by atoms with van der Waals surface area (Å²) in [4.78, 5) is 36.7. The van der Waals surface area contributed by atoms with Crippen molar-refractivity contribution in [2.75, 3.05) is 32.1 Å². The number of piperidine rings is 1. The number of hydrogen-bond donors (Lipinski definition) is 3. The van der Waals surface area contributed by atoms with Gasteiger partial charge in [-0.2, -0.15) is 0 Å². The molecule has 2 amide bonds. The number of hydrogen-bond acceptors (Lipinski definition) is 9. The summed E-state index contributed by atoms with van der Waals surface area (Å²) < 4.78 is 5.66. The number of ether oxygens (including phenoxy) is 1. The Balaban J connectivity index is 1.49. The maximum absolute atomic E-state index is 12.8. The van der Waals surface area contributed by atoms with E-state index in [0.717, 1.165) is 42.2 Å². The molecule has 180 valence electrons. The number of primary amides is 1. The minimum absolute atomic E-state index is 0.132. The normalized spacial score (nSPS) is 14.7. The summed E-state index contributed by atoms with van der Waals surface area (Å²) in [7, 11) is 2.09. The fourth-order valence-corrected chi connectivity index (χ4v) is 5.46. The van der Waals surface area contributed by atoms with Gasteiger partial charge in [-0.1, -0.05) is 0 Å². The van der Waals surface area contributed by atoms with E-state index in [0.29, 0.717) is 33.7 Å². The lowest BCUT2D eigenvalue weighted by atomic mass is 10.1. The molecule has 0 aliphatic carbocycles. The molecule has 34 heavy (non-hydrogen) atoms. The Morgan fingerprint density at radius 2 is 2.03 bits per heavy atom. The third kappa shape index (κ3) is 5.54. The van der Waals surface area contributed by atoms with Gasteiger partial charge >= 0.3 is 0 Å². The molecule has 9 nitrogen and oxygen atoms in total. The van der Waals surface area contributed by atoms with Crippen molar-refractivity contribution in [3.63, 3.8) is 0 Å². The molecule has 0 spiro atoms. The Hall–Kier alpha value is -3.02. The zero-order valence-electron chi connectivity index (χ0n) is 19.4. The van der Waals surface area contributed by atoms with Crippen LogP contribution in [0.3, 0.4) is 0 Å². The van der Waals surface area contributed by atoms with E-state index in [4.69, 9.17) is 10.5 Å². The smallest absolute Gasteiger partial charge is 0.280 e. The second kappa shape index (κ2) is 10.5. The number of benzene rings is 1. The maximum Gasteiger partial charge on any atom is 0.280 e. The lowest BCUT2D eigenvalue weighted by molar-refractivity contribution is 0.0915. The van der Waals surface area contributed by atoms with Crippen molar-refractivity contribution in [3.8, 4) is 16.3 Å². The molecule has 0 unspecified atom stereocenters. The van der Waals surface area contributed by atoms with Gasteiger partial charge in [0.1, 0.15) is 5.75 Å². The highest BCUT2D eigenvalue weighted by Crippen LogP contribution is 2.35. The van der Waals surface area contributed by atoms with Gasteiger partial charge in [-0.15, -0.1) is 22.7 Å². The number of carbonyl (C=O) groups is 2. The number of aryl methyl sites for hydroxylation is 1. The van der Waals surface area contributed by atoms with E-state index >= 15 is 0 Å². The highest BCUT2D eigenvalue weighted by molar-refractivity contribution is 7.18. The highest BCUT2D eigenvalue weighted by atomic mass is 32.1. The van der Waals surface area contributed by atoms with Gasteiger partial charge in [0.2, 0.25) is 5.91 Å². The minimum atomic E-state index is -0.516. The first-order chi connectivity index (χ1) is 16.3. The van der Waals surface area contributed by atoms with Crippen molar-refractivity contribution in [2.45, 2.75) is 32.7 Å². The summed E-state index contributed by atoms with van der Waals surface area (Å²) in [6, 6.07) is 5.17. The molecule has 0 atom stereocenters. The molecular formula is C23H28N6O3S2. The third-order valence-electron chi connectivity index (χ3n) is 5.59. The number of likely N-dealkylation sites (tertiary alicyclic amines) is 1. The Morgan fingerprint density at radius 3 is 2.74 bits per heavy atom. The molecule has 1 aliphatic heterocycles. The maximum atomic E-state index is 12.8. The largest absolute Gasteiger partial charge is 0.492 e. The van der Waals surface area contributed by atoms with Crippen LogP contribution in [0.5, 0.6) is 5.75 Å². The molecule has 3 aromatic rings. The fourth-order valence-electron chi connectivity index (χ4n) is 3.74. The van der Waals surface area contributed by atoms with Crippen LogP contribution in [0.4, 0.5) is 10.8 Å². The van der Waals surface area contributed by atoms with E-state index in [-0.39, 0.29) is 11.9 Å². The molecule has 1 fully saturated rings. The van der Waals surface area contributed by atoms with Crippen molar-refractivity contribution in [1.82, 2.24) is 20.2 Å². The molecule has 4 rings (SSSR count). The zero-order chi connectivity index (χ0) is 24.2. The Labute approximate surface area is 206 Å². The molecule has 0 radical (unpaired) electrons. The molecule has 4 N–H and O–H groups in total. The number of thiazole rings is 2. The van der Waals surface area contributed by atoms with Crippen molar-refractivity contribution >= 4 is 45.3 Å². The van der Waals surface area contributed by atoms with Crippen LogP contribution < -0.4 is 21.1 Å². The summed E-state index contributed by atoms with van der Waals surface area (Å²) >= 11 is 2.76. The number of rotatable bonds is 8. The lowest BCUT2D eigenvalue weighted by Gasteiger charge is -2.29. The van der Waals surface area contributed by atoms with Crippen molar-refractivity contribution in [3.05, 3.63) is 39.8 Å². The number of amides is 2. The number of nitrogens with one attached hydrogen (secondary N) is 2. The molecule has 1 saturated heterocycles. The monoisotopic (exact) mass is 500 g/mol. The molecule has 2 aromatic heterocycles. The molecule has 0 bridgehead atoms. The van der Waals surface area contributed by atoms with Gasteiger partial charge in [0.05, 0.1) is 28.6 Å². The molecule has 1 aliphatic rings. The third-order valence-corrected chi connectivity index (χ3v) is 7.52. The van der Waals surface area contributed by atoms with E-state index in [1.165, 1.54) is 22.7 Å². The van der Waals surface area contributed by atoms with Gasteiger partial charge in [0, 0.05) is 17.0 Å². The van der Waals surface area contributed by atoms with Crippen LogP contribution in [0.15, 0.2) is 23.6 Å². The summed E-state index contributed by atoms with van der Waals surface area (Å²) in [5.74, 6) is -0.0459. The first-order valence-corrected chi connectivity index (χ1v) is 12.8. The van der Waals surface area contributed by atoms with Crippen LogP contribution in [-0.2, 0) is 0 Å². The number of anilines is 2. The predicted molar refractivity (Wildman–Crippen MR) is 135 cm³/mol. The number of nitrogens with zero attached hydrogens (tertiary/aromatic N) is 3. The molecule has 11 heteroatoms. The van der Waals surface area contributed by atoms with Crippen LogP contribution in [0, 0.1) is 6.92 Å². The van der Waals surface area contributed by atoms with Crippen molar-refractivity contribution < 1.29 is 14.3 Å². The SMILES string of the molecule is CCOc1ccc(C(N)=O)cc1Nc1nc(-c2sc(C(=O)NC3CCN(C)CC3)nc2C)cs1. The highest BCUT2D eigenvalue weighted by Gasteiger charge is 2.23. The second-order valence-corrected chi connectivity index (χ2v) is 10.0. The van der Waals surface area contributed by atoms with Gasteiger partial charge in [0.15, 0.2) is 10.1 Å². The second-order valence-electron chi connectivity index (χ2n) is 8.16.